The highest BCUT2D eigenvalue weighted by Crippen LogP contribution is 2.25. The molecule has 0 radical (unpaired) electrons. The summed E-state index contributed by atoms with van der Waals surface area (Å²) >= 11 is 0. The van der Waals surface area contributed by atoms with Crippen LogP contribution in [-0.4, -0.2) is 6.10 Å². The Kier molecular flexibility index (Phi) is 3.56. The molecule has 1 nitrogen and oxygen atoms in total. The predicted molar refractivity (Wildman–Crippen MR) is 61.0 cm³/mol. The van der Waals surface area contributed by atoms with Crippen LogP contribution in [0.4, 0.5) is 0 Å². The highest BCUT2D eigenvalue weighted by atomic mass is 16.5. The molecular weight excluding hydrogens is 172 g/mol. The maximum absolute atomic E-state index is 5.88. The van der Waals surface area contributed by atoms with Crippen molar-refractivity contribution in [2.45, 2.75) is 47.1 Å². The highest BCUT2D eigenvalue weighted by molar-refractivity contribution is 5.43. The van der Waals surface area contributed by atoms with Gasteiger partial charge in [-0.25, -0.2) is 0 Å². The van der Waals surface area contributed by atoms with Gasteiger partial charge in [-0.1, -0.05) is 24.6 Å². The summed E-state index contributed by atoms with van der Waals surface area (Å²) in [5.74, 6) is 1.06. The van der Waals surface area contributed by atoms with Crippen molar-refractivity contribution in [2.24, 2.45) is 0 Å². The summed E-state index contributed by atoms with van der Waals surface area (Å²) in [6.07, 6.45) is 1.35. The van der Waals surface area contributed by atoms with Crippen molar-refractivity contribution >= 4 is 0 Å². The number of aryl methyl sites for hydroxylation is 3. The fraction of sp³-hybridized carbons (Fsp3) is 0.538. The first kappa shape index (κ1) is 11.1. The third-order valence-corrected chi connectivity index (χ3v) is 2.50. The maximum Gasteiger partial charge on any atom is 0.125 e. The van der Waals surface area contributed by atoms with Crippen LogP contribution in [0.3, 0.4) is 0 Å². The highest BCUT2D eigenvalue weighted by Gasteiger charge is 2.07. The Morgan fingerprint density at radius 3 is 2.07 bits per heavy atom. The molecule has 0 N–H and O–H groups in total. The molecule has 0 aliphatic rings. The van der Waals surface area contributed by atoms with Crippen LogP contribution in [0.25, 0.3) is 0 Å². The van der Waals surface area contributed by atoms with Gasteiger partial charge in [0.2, 0.25) is 0 Å². The SMILES string of the molecule is CC[C@H](C)Oc1c(C)cc(C)cc1C. The minimum Gasteiger partial charge on any atom is -0.490 e. The smallest absolute Gasteiger partial charge is 0.125 e. The standard InChI is InChI=1S/C13H20O/c1-6-12(5)14-13-10(3)7-9(2)8-11(13)4/h7-8,12H,6H2,1-5H3/t12-/m0/s1. The van der Waals surface area contributed by atoms with Crippen LogP contribution in [0.15, 0.2) is 12.1 Å². The molecule has 0 aromatic heterocycles. The minimum atomic E-state index is 0.301. The lowest BCUT2D eigenvalue weighted by molar-refractivity contribution is 0.214. The zero-order valence-corrected chi connectivity index (χ0v) is 9.85. The van der Waals surface area contributed by atoms with Gasteiger partial charge in [-0.2, -0.15) is 0 Å². The topological polar surface area (TPSA) is 9.23 Å². The van der Waals surface area contributed by atoms with Crippen LogP contribution in [0.2, 0.25) is 0 Å². The van der Waals surface area contributed by atoms with E-state index in [0.29, 0.717) is 6.10 Å². The van der Waals surface area contributed by atoms with E-state index >= 15 is 0 Å². The van der Waals surface area contributed by atoms with Gasteiger partial charge >= 0.3 is 0 Å². The molecule has 0 aliphatic heterocycles. The van der Waals surface area contributed by atoms with Gasteiger partial charge in [0.05, 0.1) is 6.10 Å². The molecule has 14 heavy (non-hydrogen) atoms. The second-order valence-corrected chi connectivity index (χ2v) is 4.06. The summed E-state index contributed by atoms with van der Waals surface area (Å²) in [7, 11) is 0. The molecule has 0 saturated carbocycles. The zero-order valence-electron chi connectivity index (χ0n) is 9.85. The second-order valence-electron chi connectivity index (χ2n) is 4.06. The van der Waals surface area contributed by atoms with Crippen molar-refractivity contribution in [2.75, 3.05) is 0 Å². The number of hydrogen-bond donors (Lipinski definition) is 0. The molecule has 0 unspecified atom stereocenters. The van der Waals surface area contributed by atoms with Gasteiger partial charge in [0.25, 0.3) is 0 Å². The van der Waals surface area contributed by atoms with Gasteiger partial charge in [0.15, 0.2) is 0 Å². The molecule has 78 valence electrons. The molecule has 0 saturated heterocycles. The number of benzene rings is 1. The summed E-state index contributed by atoms with van der Waals surface area (Å²) in [6, 6.07) is 4.34. The Bertz CT molecular complexity index is 292. The van der Waals surface area contributed by atoms with E-state index in [0.717, 1.165) is 12.2 Å². The van der Waals surface area contributed by atoms with Crippen LogP contribution in [0.5, 0.6) is 5.75 Å². The Morgan fingerprint density at radius 1 is 1.14 bits per heavy atom. The Hall–Kier alpha value is -0.980. The van der Waals surface area contributed by atoms with Crippen molar-refractivity contribution in [1.29, 1.82) is 0 Å². The van der Waals surface area contributed by atoms with E-state index < -0.39 is 0 Å². The van der Waals surface area contributed by atoms with Crippen LogP contribution in [-0.2, 0) is 0 Å². The van der Waals surface area contributed by atoms with Gasteiger partial charge in [-0.05, 0) is 45.2 Å². The maximum atomic E-state index is 5.88. The lowest BCUT2D eigenvalue weighted by atomic mass is 10.1. The molecule has 1 heteroatoms. The van der Waals surface area contributed by atoms with Crippen molar-refractivity contribution in [3.05, 3.63) is 28.8 Å². The third kappa shape index (κ3) is 2.50. The van der Waals surface area contributed by atoms with Crippen LogP contribution < -0.4 is 4.74 Å². The third-order valence-electron chi connectivity index (χ3n) is 2.50. The summed E-state index contributed by atoms with van der Waals surface area (Å²) < 4.78 is 5.88. The first-order valence-corrected chi connectivity index (χ1v) is 5.29. The Balaban J connectivity index is 2.96. The predicted octanol–water partition coefficient (Wildman–Crippen LogP) is 3.79. The molecule has 0 fully saturated rings. The van der Waals surface area contributed by atoms with Gasteiger partial charge in [0.1, 0.15) is 5.75 Å². The molecule has 0 spiro atoms. The monoisotopic (exact) mass is 192 g/mol. The fourth-order valence-corrected chi connectivity index (χ4v) is 1.64. The molecule has 0 heterocycles. The summed E-state index contributed by atoms with van der Waals surface area (Å²) in [5.41, 5.74) is 3.78. The number of ether oxygens (including phenoxy) is 1. The van der Waals surface area contributed by atoms with Crippen LogP contribution in [0.1, 0.15) is 37.0 Å². The molecule has 0 amide bonds. The number of rotatable bonds is 3. The molecule has 0 aliphatic carbocycles. The van der Waals surface area contributed by atoms with Gasteiger partial charge < -0.3 is 4.74 Å². The first-order chi connectivity index (χ1) is 6.54. The Labute approximate surface area is 87.1 Å². The van der Waals surface area contributed by atoms with Gasteiger partial charge in [-0.15, -0.1) is 0 Å². The molecule has 1 aromatic rings. The fourth-order valence-electron chi connectivity index (χ4n) is 1.64. The Morgan fingerprint density at radius 2 is 1.64 bits per heavy atom. The lowest BCUT2D eigenvalue weighted by Gasteiger charge is -2.17. The zero-order chi connectivity index (χ0) is 10.7. The molecule has 1 rings (SSSR count). The second kappa shape index (κ2) is 4.50. The van der Waals surface area contributed by atoms with Gasteiger partial charge in [0, 0.05) is 0 Å². The van der Waals surface area contributed by atoms with Crippen LogP contribution in [0, 0.1) is 20.8 Å². The number of hydrogen-bond acceptors (Lipinski definition) is 1. The summed E-state index contributed by atoms with van der Waals surface area (Å²) in [6.45, 7) is 10.6. The van der Waals surface area contributed by atoms with E-state index in [4.69, 9.17) is 4.74 Å². The average Bonchev–Trinajstić information content (AvgIpc) is 2.10. The normalized spacial score (nSPS) is 12.6. The first-order valence-electron chi connectivity index (χ1n) is 5.29. The van der Waals surface area contributed by atoms with Gasteiger partial charge in [-0.3, -0.25) is 0 Å². The lowest BCUT2D eigenvalue weighted by Crippen LogP contribution is -2.11. The molecular formula is C13H20O. The van der Waals surface area contributed by atoms with E-state index in [9.17, 15) is 0 Å². The summed E-state index contributed by atoms with van der Waals surface area (Å²) in [4.78, 5) is 0. The molecule has 1 aromatic carbocycles. The largest absolute Gasteiger partial charge is 0.490 e. The van der Waals surface area contributed by atoms with E-state index in [2.05, 4.69) is 46.8 Å². The van der Waals surface area contributed by atoms with Crippen molar-refractivity contribution in [3.63, 3.8) is 0 Å². The minimum absolute atomic E-state index is 0.301. The van der Waals surface area contributed by atoms with Crippen molar-refractivity contribution < 1.29 is 4.74 Å². The van der Waals surface area contributed by atoms with Crippen molar-refractivity contribution in [3.8, 4) is 5.75 Å². The molecule has 0 bridgehead atoms. The summed E-state index contributed by atoms with van der Waals surface area (Å²) in [5, 5.41) is 0. The van der Waals surface area contributed by atoms with Crippen LogP contribution >= 0.6 is 0 Å². The van der Waals surface area contributed by atoms with E-state index in [-0.39, 0.29) is 0 Å². The van der Waals surface area contributed by atoms with E-state index in [1.807, 2.05) is 0 Å². The average molecular weight is 192 g/mol. The van der Waals surface area contributed by atoms with E-state index in [1.165, 1.54) is 16.7 Å². The quantitative estimate of drug-likeness (QED) is 0.708. The van der Waals surface area contributed by atoms with E-state index in [1.54, 1.807) is 0 Å². The molecule has 1 atom stereocenters. The van der Waals surface area contributed by atoms with Crippen molar-refractivity contribution in [1.82, 2.24) is 0 Å².